The van der Waals surface area contributed by atoms with Gasteiger partial charge in [-0.1, -0.05) is 18.2 Å². The number of H-pyrrole nitrogens is 1. The quantitative estimate of drug-likeness (QED) is 0.379. The average Bonchev–Trinajstić information content (AvgIpc) is 3.02. The fourth-order valence-corrected chi connectivity index (χ4v) is 2.85. The highest BCUT2D eigenvalue weighted by Gasteiger charge is 2.29. The van der Waals surface area contributed by atoms with E-state index in [1.165, 1.54) is 12.0 Å². The van der Waals surface area contributed by atoms with E-state index in [2.05, 4.69) is 4.98 Å². The largest absolute Gasteiger partial charge is 0.468 e. The molecule has 140 valence electrons. The van der Waals surface area contributed by atoms with Gasteiger partial charge in [-0.15, -0.1) is 0 Å². The van der Waals surface area contributed by atoms with Crippen molar-refractivity contribution in [3.63, 3.8) is 0 Å². The molecule has 1 atom stereocenters. The van der Waals surface area contributed by atoms with Crippen molar-refractivity contribution in [3.05, 3.63) is 56.3 Å². The Bertz CT molecular complexity index is 772. The zero-order chi connectivity index (χ0) is 19.1. The van der Waals surface area contributed by atoms with Crippen LogP contribution in [0, 0.1) is 20.2 Å². The minimum atomic E-state index is -0.848. The zero-order valence-corrected chi connectivity index (χ0v) is 14.3. The summed E-state index contributed by atoms with van der Waals surface area (Å²) in [6, 6.07) is 6.68. The van der Waals surface area contributed by atoms with Gasteiger partial charge in [0.25, 0.3) is 0 Å². The first-order valence-corrected chi connectivity index (χ1v) is 8.03. The Labute approximate surface area is 149 Å². The molecule has 0 saturated heterocycles. The van der Waals surface area contributed by atoms with Gasteiger partial charge < -0.3 is 9.72 Å². The molecule has 0 saturated carbocycles. The number of hydrogen-bond acceptors (Lipinski definition) is 7. The van der Waals surface area contributed by atoms with Crippen LogP contribution in [0.25, 0.3) is 10.9 Å². The second kappa shape index (κ2) is 8.90. The van der Waals surface area contributed by atoms with Crippen molar-refractivity contribution in [2.24, 2.45) is 0 Å². The lowest BCUT2D eigenvalue weighted by Crippen LogP contribution is -2.47. The van der Waals surface area contributed by atoms with Crippen molar-refractivity contribution in [2.45, 2.75) is 12.5 Å². The molecule has 2 rings (SSSR count). The summed E-state index contributed by atoms with van der Waals surface area (Å²) >= 11 is 0. The maximum Gasteiger partial charge on any atom is 0.323 e. The van der Waals surface area contributed by atoms with Crippen LogP contribution >= 0.6 is 0 Å². The van der Waals surface area contributed by atoms with E-state index in [1.54, 1.807) is 6.20 Å². The van der Waals surface area contributed by atoms with Crippen molar-refractivity contribution < 1.29 is 19.4 Å². The maximum absolute atomic E-state index is 12.3. The molecule has 0 unspecified atom stereocenters. The van der Waals surface area contributed by atoms with E-state index in [9.17, 15) is 25.0 Å². The van der Waals surface area contributed by atoms with Crippen LogP contribution in [0.3, 0.4) is 0 Å². The number of para-hydroxylation sites is 1. The Morgan fingerprint density at radius 3 is 2.38 bits per heavy atom. The number of methoxy groups -OCH3 is 1. The minimum absolute atomic E-state index is 0.0804. The summed E-state index contributed by atoms with van der Waals surface area (Å²) < 4.78 is 4.84. The fourth-order valence-electron chi connectivity index (χ4n) is 2.85. The standard InChI is InChI=1S/C16H20N4O6/c1-26-16(21)15(18(6-8-19(22)23)7-9-20(24)25)10-12-11-17-14-5-3-2-4-13(12)14/h2-5,11,15,17H,6-10H2,1H3/t15-/m0/s1. The lowest BCUT2D eigenvalue weighted by Gasteiger charge is -2.27. The van der Waals surface area contributed by atoms with Crippen LogP contribution in [0.4, 0.5) is 0 Å². The van der Waals surface area contributed by atoms with Crippen LogP contribution in [0.15, 0.2) is 30.5 Å². The number of fused-ring (bicyclic) bond motifs is 1. The van der Waals surface area contributed by atoms with Crippen molar-refractivity contribution in [3.8, 4) is 0 Å². The number of nitrogens with one attached hydrogen (secondary N) is 1. The van der Waals surface area contributed by atoms with Crippen molar-refractivity contribution in [1.82, 2.24) is 9.88 Å². The van der Waals surface area contributed by atoms with Crippen LogP contribution in [-0.2, 0) is 16.0 Å². The molecule has 0 aliphatic heterocycles. The Morgan fingerprint density at radius 2 is 1.81 bits per heavy atom. The van der Waals surface area contributed by atoms with Gasteiger partial charge in [-0.05, 0) is 11.6 Å². The van der Waals surface area contributed by atoms with Gasteiger partial charge in [0.2, 0.25) is 13.1 Å². The number of hydrogen-bond donors (Lipinski definition) is 1. The first kappa shape index (κ1) is 19.3. The SMILES string of the molecule is COC(=O)[C@H](Cc1c[nH]c2ccccc12)N(CC[N+](=O)[O-])CC[N+](=O)[O-]. The smallest absolute Gasteiger partial charge is 0.323 e. The van der Waals surface area contributed by atoms with Gasteiger partial charge in [0.05, 0.1) is 20.2 Å². The number of esters is 1. The number of rotatable bonds is 10. The first-order valence-electron chi connectivity index (χ1n) is 8.03. The molecule has 0 fully saturated rings. The van der Waals surface area contributed by atoms with Crippen molar-refractivity contribution in [2.75, 3.05) is 33.3 Å². The van der Waals surface area contributed by atoms with E-state index in [0.29, 0.717) is 0 Å². The summed E-state index contributed by atoms with van der Waals surface area (Å²) in [5.41, 5.74) is 1.73. The summed E-state index contributed by atoms with van der Waals surface area (Å²) in [6.45, 7) is -0.996. The lowest BCUT2D eigenvalue weighted by atomic mass is 10.0. The first-order chi connectivity index (χ1) is 12.4. The van der Waals surface area contributed by atoms with E-state index in [-0.39, 0.29) is 19.5 Å². The third-order valence-electron chi connectivity index (χ3n) is 4.14. The molecule has 0 aliphatic carbocycles. The predicted molar refractivity (Wildman–Crippen MR) is 93.1 cm³/mol. The number of benzene rings is 1. The van der Waals surface area contributed by atoms with Crippen LogP contribution in [-0.4, -0.2) is 65.0 Å². The predicted octanol–water partition coefficient (Wildman–Crippen LogP) is 1.11. The summed E-state index contributed by atoms with van der Waals surface area (Å²) in [5, 5.41) is 22.4. The number of carbonyl (C=O) groups is 1. The van der Waals surface area contributed by atoms with E-state index in [0.717, 1.165) is 16.5 Å². The Balaban J connectivity index is 2.27. The zero-order valence-electron chi connectivity index (χ0n) is 14.3. The van der Waals surface area contributed by atoms with E-state index >= 15 is 0 Å². The van der Waals surface area contributed by atoms with Gasteiger partial charge in [-0.3, -0.25) is 29.9 Å². The molecule has 0 aliphatic rings. The van der Waals surface area contributed by atoms with Crippen LogP contribution in [0.1, 0.15) is 5.56 Å². The topological polar surface area (TPSA) is 132 Å². The summed E-state index contributed by atoms with van der Waals surface area (Å²) in [7, 11) is 1.23. The summed E-state index contributed by atoms with van der Waals surface area (Å²) in [6.07, 6.45) is 1.99. The highest BCUT2D eigenvalue weighted by molar-refractivity contribution is 5.84. The molecule has 10 heteroatoms. The molecule has 1 N–H and O–H groups in total. The molecular weight excluding hydrogens is 344 g/mol. The monoisotopic (exact) mass is 364 g/mol. The van der Waals surface area contributed by atoms with E-state index in [4.69, 9.17) is 4.74 Å². The fraction of sp³-hybridized carbons (Fsp3) is 0.438. The Kier molecular flexibility index (Phi) is 6.61. The molecule has 1 aromatic carbocycles. The molecule has 1 aromatic heterocycles. The number of aromatic amines is 1. The van der Waals surface area contributed by atoms with Gasteiger partial charge in [-0.2, -0.15) is 0 Å². The van der Waals surface area contributed by atoms with Gasteiger partial charge in [-0.25, -0.2) is 0 Å². The normalized spacial score (nSPS) is 12.2. The maximum atomic E-state index is 12.3. The molecule has 0 radical (unpaired) electrons. The number of nitro groups is 2. The summed E-state index contributed by atoms with van der Waals surface area (Å²) in [5.74, 6) is -0.582. The number of nitrogens with zero attached hydrogens (tertiary/aromatic N) is 3. The third kappa shape index (κ3) is 4.99. The van der Waals surface area contributed by atoms with Gasteiger partial charge >= 0.3 is 5.97 Å². The number of ether oxygens (including phenoxy) is 1. The highest BCUT2D eigenvalue weighted by Crippen LogP contribution is 2.21. The van der Waals surface area contributed by atoms with Crippen LogP contribution in [0.5, 0.6) is 0 Å². The van der Waals surface area contributed by atoms with Gasteiger partial charge in [0.1, 0.15) is 6.04 Å². The number of aromatic nitrogens is 1. The van der Waals surface area contributed by atoms with Crippen molar-refractivity contribution in [1.29, 1.82) is 0 Å². The molecule has 0 bridgehead atoms. The van der Waals surface area contributed by atoms with Crippen LogP contribution < -0.4 is 0 Å². The van der Waals surface area contributed by atoms with E-state index < -0.39 is 34.9 Å². The van der Waals surface area contributed by atoms with Crippen molar-refractivity contribution >= 4 is 16.9 Å². The average molecular weight is 364 g/mol. The Hall–Kier alpha value is -3.01. The molecule has 0 spiro atoms. The second-order valence-corrected chi connectivity index (χ2v) is 5.75. The van der Waals surface area contributed by atoms with Gasteiger partial charge in [0, 0.05) is 33.4 Å². The Morgan fingerprint density at radius 1 is 1.19 bits per heavy atom. The molecule has 26 heavy (non-hydrogen) atoms. The van der Waals surface area contributed by atoms with Crippen LogP contribution in [0.2, 0.25) is 0 Å². The van der Waals surface area contributed by atoms with Gasteiger partial charge in [0.15, 0.2) is 0 Å². The molecule has 1 heterocycles. The molecular formula is C16H20N4O6. The lowest BCUT2D eigenvalue weighted by molar-refractivity contribution is -0.487. The molecule has 10 nitrogen and oxygen atoms in total. The number of carbonyl (C=O) groups excluding carboxylic acids is 1. The van der Waals surface area contributed by atoms with E-state index in [1.807, 2.05) is 24.3 Å². The summed E-state index contributed by atoms with van der Waals surface area (Å²) in [4.78, 5) is 37.2. The minimum Gasteiger partial charge on any atom is -0.468 e. The highest BCUT2D eigenvalue weighted by atomic mass is 16.6. The third-order valence-corrected chi connectivity index (χ3v) is 4.14. The molecule has 2 aromatic rings. The second-order valence-electron chi connectivity index (χ2n) is 5.75. The molecule has 0 amide bonds.